The number of aliphatic hydroxyl groups is 2. The van der Waals surface area contributed by atoms with Crippen LogP contribution in [0.1, 0.15) is 11.8 Å². The Morgan fingerprint density at radius 2 is 2.23 bits per heavy atom. The lowest BCUT2D eigenvalue weighted by Gasteiger charge is -2.22. The van der Waals surface area contributed by atoms with Gasteiger partial charge in [0.2, 0.25) is 0 Å². The van der Waals surface area contributed by atoms with Crippen LogP contribution in [0.4, 0.5) is 5.82 Å². The Morgan fingerprint density at radius 3 is 2.86 bits per heavy atom. The van der Waals surface area contributed by atoms with Crippen LogP contribution in [0, 0.1) is 6.92 Å². The van der Waals surface area contributed by atoms with Crippen molar-refractivity contribution < 1.29 is 24.4 Å². The van der Waals surface area contributed by atoms with Gasteiger partial charge in [-0.1, -0.05) is 0 Å². The summed E-state index contributed by atoms with van der Waals surface area (Å²) < 4.78 is 17.2. The second-order valence-corrected chi connectivity index (χ2v) is 5.07. The van der Waals surface area contributed by atoms with Crippen molar-refractivity contribution in [2.45, 2.75) is 31.5 Å². The van der Waals surface area contributed by atoms with Gasteiger partial charge in [0, 0.05) is 18.9 Å². The maximum absolute atomic E-state index is 12.0. The normalized spacial score (nSPS) is 28.2. The standard InChI is InChI=1S/C13H21N3O6/c1-7-5-16(13(19)15-11(7)14)12-10(21-4-3-20-2)9(18)8(6-17)22-12/h5,8-10,12,17-18H,3-4,6H2,1-2H3,(H2,14,15,19)/t8-,9?,10+,12-/m1/s1. The Hall–Kier alpha value is -1.52. The highest BCUT2D eigenvalue weighted by molar-refractivity contribution is 5.35. The minimum absolute atomic E-state index is 0.135. The number of hydrogen-bond donors (Lipinski definition) is 3. The molecule has 0 aromatic carbocycles. The third-order valence-electron chi connectivity index (χ3n) is 3.54. The molecule has 0 spiro atoms. The number of nitrogens with zero attached hydrogens (tertiary/aromatic N) is 2. The number of ether oxygens (including phenoxy) is 3. The van der Waals surface area contributed by atoms with Crippen molar-refractivity contribution in [3.63, 3.8) is 0 Å². The van der Waals surface area contributed by atoms with Gasteiger partial charge in [0.25, 0.3) is 0 Å². The van der Waals surface area contributed by atoms with E-state index in [-0.39, 0.29) is 12.4 Å². The van der Waals surface area contributed by atoms with Gasteiger partial charge in [-0.15, -0.1) is 0 Å². The molecule has 2 heterocycles. The first-order valence-corrected chi connectivity index (χ1v) is 6.89. The molecular weight excluding hydrogens is 294 g/mol. The summed E-state index contributed by atoms with van der Waals surface area (Å²) in [4.78, 5) is 15.7. The van der Waals surface area contributed by atoms with Crippen molar-refractivity contribution in [1.82, 2.24) is 9.55 Å². The molecule has 1 fully saturated rings. The van der Waals surface area contributed by atoms with Crippen LogP contribution in [0.5, 0.6) is 0 Å². The summed E-state index contributed by atoms with van der Waals surface area (Å²) in [5, 5.41) is 19.5. The average molecular weight is 315 g/mol. The van der Waals surface area contributed by atoms with E-state index in [1.165, 1.54) is 17.9 Å². The van der Waals surface area contributed by atoms with Crippen molar-refractivity contribution in [3.05, 3.63) is 22.2 Å². The third-order valence-corrected chi connectivity index (χ3v) is 3.54. The number of aromatic nitrogens is 2. The number of nitrogens with two attached hydrogens (primary N) is 1. The van der Waals surface area contributed by atoms with Gasteiger partial charge in [-0.25, -0.2) is 4.79 Å². The summed E-state index contributed by atoms with van der Waals surface area (Å²) >= 11 is 0. The Bertz CT molecular complexity index is 563. The van der Waals surface area contributed by atoms with Gasteiger partial charge < -0.3 is 30.2 Å². The molecule has 1 saturated heterocycles. The number of methoxy groups -OCH3 is 1. The van der Waals surface area contributed by atoms with Gasteiger partial charge in [0.15, 0.2) is 6.23 Å². The molecule has 1 aliphatic heterocycles. The predicted octanol–water partition coefficient (Wildman–Crippen LogP) is -1.58. The van der Waals surface area contributed by atoms with Crippen LogP contribution in [0.25, 0.3) is 0 Å². The van der Waals surface area contributed by atoms with Crippen molar-refractivity contribution in [3.8, 4) is 0 Å². The zero-order valence-corrected chi connectivity index (χ0v) is 12.5. The second-order valence-electron chi connectivity index (χ2n) is 5.07. The highest BCUT2D eigenvalue weighted by atomic mass is 16.6. The second kappa shape index (κ2) is 7.16. The number of aryl methyl sites for hydroxylation is 1. The maximum Gasteiger partial charge on any atom is 0.351 e. The van der Waals surface area contributed by atoms with Gasteiger partial charge in [-0.05, 0) is 6.92 Å². The van der Waals surface area contributed by atoms with Crippen LogP contribution in [0.15, 0.2) is 11.0 Å². The monoisotopic (exact) mass is 315 g/mol. The Labute approximate surface area is 127 Å². The van der Waals surface area contributed by atoms with E-state index in [2.05, 4.69) is 4.98 Å². The largest absolute Gasteiger partial charge is 0.394 e. The van der Waals surface area contributed by atoms with Gasteiger partial charge >= 0.3 is 5.69 Å². The minimum atomic E-state index is -1.07. The van der Waals surface area contributed by atoms with E-state index >= 15 is 0 Å². The Kier molecular flexibility index (Phi) is 5.48. The smallest absolute Gasteiger partial charge is 0.351 e. The summed E-state index contributed by atoms with van der Waals surface area (Å²) in [7, 11) is 1.52. The summed E-state index contributed by atoms with van der Waals surface area (Å²) in [5.41, 5.74) is 5.59. The molecule has 4 N–H and O–H groups in total. The van der Waals surface area contributed by atoms with Crippen LogP contribution in [0.3, 0.4) is 0 Å². The topological polar surface area (TPSA) is 129 Å². The van der Waals surface area contributed by atoms with E-state index in [4.69, 9.17) is 19.9 Å². The summed E-state index contributed by atoms with van der Waals surface area (Å²) in [6, 6.07) is 0. The van der Waals surface area contributed by atoms with Crippen LogP contribution in [0.2, 0.25) is 0 Å². The summed E-state index contributed by atoms with van der Waals surface area (Å²) in [6.07, 6.45) is -2.15. The first kappa shape index (κ1) is 16.8. The molecule has 1 aromatic rings. The quantitative estimate of drug-likeness (QED) is 0.536. The van der Waals surface area contributed by atoms with Crippen molar-refractivity contribution in [2.24, 2.45) is 0 Å². The lowest BCUT2D eigenvalue weighted by Crippen LogP contribution is -2.39. The number of nitrogen functional groups attached to an aromatic ring is 1. The van der Waals surface area contributed by atoms with Gasteiger partial charge in [0.1, 0.15) is 24.1 Å². The van der Waals surface area contributed by atoms with Crippen molar-refractivity contribution in [2.75, 3.05) is 32.7 Å². The number of rotatable bonds is 6. The molecule has 1 aromatic heterocycles. The fourth-order valence-corrected chi connectivity index (χ4v) is 2.30. The summed E-state index contributed by atoms with van der Waals surface area (Å²) in [6.45, 7) is 1.85. The number of hydrogen-bond acceptors (Lipinski definition) is 8. The Balaban J connectivity index is 2.29. The van der Waals surface area contributed by atoms with Crippen LogP contribution in [-0.2, 0) is 14.2 Å². The molecule has 1 aliphatic rings. The molecule has 0 saturated carbocycles. The molecule has 9 nitrogen and oxygen atoms in total. The van der Waals surface area contributed by atoms with E-state index in [9.17, 15) is 15.0 Å². The zero-order chi connectivity index (χ0) is 16.3. The van der Waals surface area contributed by atoms with E-state index in [1.54, 1.807) is 6.92 Å². The van der Waals surface area contributed by atoms with Gasteiger partial charge in [0.05, 0.1) is 19.8 Å². The lowest BCUT2D eigenvalue weighted by atomic mass is 10.1. The molecule has 0 aliphatic carbocycles. The first-order valence-electron chi connectivity index (χ1n) is 6.89. The molecule has 2 rings (SSSR count). The van der Waals surface area contributed by atoms with Gasteiger partial charge in [-0.3, -0.25) is 4.57 Å². The molecule has 0 bridgehead atoms. The highest BCUT2D eigenvalue weighted by Gasteiger charge is 2.45. The molecule has 0 amide bonds. The molecule has 0 radical (unpaired) electrons. The molecule has 22 heavy (non-hydrogen) atoms. The zero-order valence-electron chi connectivity index (χ0n) is 12.5. The molecular formula is C13H21N3O6. The summed E-state index contributed by atoms with van der Waals surface area (Å²) in [5.74, 6) is 0.135. The minimum Gasteiger partial charge on any atom is -0.394 e. The van der Waals surface area contributed by atoms with E-state index in [0.717, 1.165) is 0 Å². The molecule has 1 unspecified atom stereocenters. The molecule has 4 atom stereocenters. The van der Waals surface area contributed by atoms with Crippen molar-refractivity contribution >= 4 is 5.82 Å². The number of aliphatic hydroxyl groups excluding tert-OH is 2. The first-order chi connectivity index (χ1) is 10.5. The fraction of sp³-hybridized carbons (Fsp3) is 0.692. The van der Waals surface area contributed by atoms with Crippen molar-refractivity contribution in [1.29, 1.82) is 0 Å². The highest BCUT2D eigenvalue weighted by Crippen LogP contribution is 2.31. The maximum atomic E-state index is 12.0. The SMILES string of the molecule is COCCO[C@H]1C(O)[C@@H](CO)O[C@H]1n1cc(C)c(N)nc1=O. The van der Waals surface area contributed by atoms with E-state index in [1.807, 2.05) is 0 Å². The molecule has 9 heteroatoms. The van der Waals surface area contributed by atoms with Gasteiger partial charge in [-0.2, -0.15) is 4.98 Å². The Morgan fingerprint density at radius 1 is 1.50 bits per heavy atom. The number of anilines is 1. The molecule has 124 valence electrons. The lowest BCUT2D eigenvalue weighted by molar-refractivity contribution is -0.0819. The average Bonchev–Trinajstić information content (AvgIpc) is 2.80. The fourth-order valence-electron chi connectivity index (χ4n) is 2.30. The predicted molar refractivity (Wildman–Crippen MR) is 76.3 cm³/mol. The van der Waals surface area contributed by atoms with Crippen LogP contribution >= 0.6 is 0 Å². The third kappa shape index (κ3) is 3.28. The van der Waals surface area contributed by atoms with Crippen LogP contribution in [-0.4, -0.2) is 65.0 Å². The van der Waals surface area contributed by atoms with E-state index < -0.39 is 36.8 Å². The van der Waals surface area contributed by atoms with E-state index in [0.29, 0.717) is 12.2 Å². The van der Waals surface area contributed by atoms with Crippen LogP contribution < -0.4 is 11.4 Å².